The Hall–Kier alpha value is -2.31. The normalized spacial score (nSPS) is 24.5. The molecule has 6 nitrogen and oxygen atoms in total. The number of carbonyl (C=O) groups is 2. The Kier molecular flexibility index (Phi) is 5.06. The van der Waals surface area contributed by atoms with Gasteiger partial charge >= 0.3 is 12.2 Å². The molecule has 0 radical (unpaired) electrons. The molecule has 1 aliphatic heterocycles. The second-order valence-electron chi connectivity index (χ2n) is 9.47. The third kappa shape index (κ3) is 4.08. The van der Waals surface area contributed by atoms with Gasteiger partial charge in [-0.15, -0.1) is 0 Å². The van der Waals surface area contributed by atoms with E-state index in [0.29, 0.717) is 18.4 Å². The van der Waals surface area contributed by atoms with Crippen molar-refractivity contribution in [3.63, 3.8) is 0 Å². The van der Waals surface area contributed by atoms with Crippen LogP contribution in [0.15, 0.2) is 24.3 Å². The summed E-state index contributed by atoms with van der Waals surface area (Å²) in [4.78, 5) is 25.8. The summed E-state index contributed by atoms with van der Waals surface area (Å²) in [6.45, 7) is 10.6. The van der Waals surface area contributed by atoms with Crippen LogP contribution < -0.4 is 0 Å². The van der Waals surface area contributed by atoms with E-state index in [1.807, 2.05) is 0 Å². The molecular formula is C21H29FN2O4. The van der Waals surface area contributed by atoms with Gasteiger partial charge in [0.05, 0.1) is 12.1 Å². The first-order valence-corrected chi connectivity index (χ1v) is 9.66. The highest BCUT2D eigenvalue weighted by Gasteiger charge is 2.56. The van der Waals surface area contributed by atoms with Crippen LogP contribution in [0.3, 0.4) is 0 Å². The molecule has 1 saturated carbocycles. The van der Waals surface area contributed by atoms with Crippen molar-refractivity contribution < 1.29 is 23.5 Å². The summed E-state index contributed by atoms with van der Waals surface area (Å²) in [5.41, 5.74) is -0.845. The van der Waals surface area contributed by atoms with Crippen LogP contribution in [0.1, 0.15) is 65.9 Å². The minimum atomic E-state index is -0.716. The van der Waals surface area contributed by atoms with Crippen molar-refractivity contribution in [1.82, 2.24) is 10.0 Å². The lowest BCUT2D eigenvalue weighted by molar-refractivity contribution is -0.0790. The molecular weight excluding hydrogens is 363 g/mol. The van der Waals surface area contributed by atoms with Crippen LogP contribution in [-0.4, -0.2) is 45.5 Å². The predicted octanol–water partition coefficient (Wildman–Crippen LogP) is 4.84. The van der Waals surface area contributed by atoms with Gasteiger partial charge in [0.25, 0.3) is 0 Å². The molecule has 0 aromatic heterocycles. The number of amides is 2. The standard InChI is InChI=1S/C21H29FN2O4/c1-20(2,3)27-18(25)23-13-11-15(14-9-7-8-10-16(14)22)17(12-13)24(23)19(26)28-21(4,5)6/h7-10,13,15,17H,11-12H2,1-6H3. The van der Waals surface area contributed by atoms with E-state index < -0.39 is 23.4 Å². The molecule has 1 saturated heterocycles. The zero-order chi connectivity index (χ0) is 20.9. The van der Waals surface area contributed by atoms with Crippen LogP contribution in [0.4, 0.5) is 14.0 Å². The molecule has 3 atom stereocenters. The number of hydrogen-bond donors (Lipinski definition) is 0. The Morgan fingerprint density at radius 1 is 0.929 bits per heavy atom. The van der Waals surface area contributed by atoms with Gasteiger partial charge in [-0.2, -0.15) is 0 Å². The van der Waals surface area contributed by atoms with Crippen LogP contribution in [-0.2, 0) is 9.47 Å². The minimum Gasteiger partial charge on any atom is -0.442 e. The number of halogens is 1. The van der Waals surface area contributed by atoms with E-state index in [2.05, 4.69) is 0 Å². The Morgan fingerprint density at radius 2 is 1.46 bits per heavy atom. The molecule has 1 aliphatic carbocycles. The number of hydrogen-bond acceptors (Lipinski definition) is 4. The molecule has 0 spiro atoms. The monoisotopic (exact) mass is 392 g/mol. The van der Waals surface area contributed by atoms with E-state index in [0.717, 1.165) is 0 Å². The molecule has 1 heterocycles. The van der Waals surface area contributed by atoms with Gasteiger partial charge in [-0.05, 0) is 66.0 Å². The molecule has 2 fully saturated rings. The molecule has 1 aromatic rings. The van der Waals surface area contributed by atoms with Gasteiger partial charge in [0.15, 0.2) is 0 Å². The second kappa shape index (κ2) is 6.94. The van der Waals surface area contributed by atoms with Crippen LogP contribution in [0.25, 0.3) is 0 Å². The zero-order valence-corrected chi connectivity index (χ0v) is 17.4. The Balaban J connectivity index is 1.92. The van der Waals surface area contributed by atoms with Crippen molar-refractivity contribution in [3.05, 3.63) is 35.6 Å². The number of benzene rings is 1. The van der Waals surface area contributed by atoms with Gasteiger partial charge in [-0.25, -0.2) is 24.0 Å². The highest BCUT2D eigenvalue weighted by molar-refractivity contribution is 5.76. The molecule has 0 N–H and O–H groups in total. The molecule has 2 aliphatic rings. The number of carbonyl (C=O) groups excluding carboxylic acids is 2. The smallest absolute Gasteiger partial charge is 0.429 e. The summed E-state index contributed by atoms with van der Waals surface area (Å²) >= 11 is 0. The van der Waals surface area contributed by atoms with Crippen molar-refractivity contribution >= 4 is 12.2 Å². The van der Waals surface area contributed by atoms with Crippen molar-refractivity contribution in [1.29, 1.82) is 0 Å². The van der Waals surface area contributed by atoms with Crippen LogP contribution >= 0.6 is 0 Å². The van der Waals surface area contributed by atoms with E-state index >= 15 is 0 Å². The fourth-order valence-corrected chi connectivity index (χ4v) is 3.98. The number of hydrazine groups is 1. The molecule has 28 heavy (non-hydrogen) atoms. The van der Waals surface area contributed by atoms with Crippen molar-refractivity contribution in [2.24, 2.45) is 0 Å². The number of nitrogens with zero attached hydrogens (tertiary/aromatic N) is 2. The maximum atomic E-state index is 14.4. The highest BCUT2D eigenvalue weighted by atomic mass is 19.1. The van der Waals surface area contributed by atoms with Crippen LogP contribution in [0.2, 0.25) is 0 Å². The van der Waals surface area contributed by atoms with Crippen molar-refractivity contribution in [3.8, 4) is 0 Å². The Labute approximate surface area is 165 Å². The van der Waals surface area contributed by atoms with Crippen LogP contribution in [0.5, 0.6) is 0 Å². The van der Waals surface area contributed by atoms with Gasteiger partial charge in [0, 0.05) is 5.92 Å². The fraction of sp³-hybridized carbons (Fsp3) is 0.619. The van der Waals surface area contributed by atoms with Gasteiger partial charge in [0.1, 0.15) is 17.0 Å². The molecule has 154 valence electrons. The SMILES string of the molecule is CC(C)(C)OC(=O)N1C2CC(c3ccccc3F)C(C2)N1C(=O)OC(C)(C)C. The van der Waals surface area contributed by atoms with E-state index in [1.54, 1.807) is 59.7 Å². The van der Waals surface area contributed by atoms with Gasteiger partial charge < -0.3 is 9.47 Å². The largest absolute Gasteiger partial charge is 0.442 e. The molecule has 2 amide bonds. The topological polar surface area (TPSA) is 59.1 Å². The van der Waals surface area contributed by atoms with Gasteiger partial charge in [-0.1, -0.05) is 18.2 Å². The lowest BCUT2D eigenvalue weighted by Crippen LogP contribution is -2.57. The van der Waals surface area contributed by atoms with Gasteiger partial charge in [-0.3, -0.25) is 0 Å². The minimum absolute atomic E-state index is 0.197. The maximum absolute atomic E-state index is 14.4. The Morgan fingerprint density at radius 3 is 2.00 bits per heavy atom. The average molecular weight is 392 g/mol. The summed E-state index contributed by atoms with van der Waals surface area (Å²) in [5, 5.41) is 2.70. The number of ether oxygens (including phenoxy) is 2. The van der Waals surface area contributed by atoms with Crippen molar-refractivity contribution in [2.75, 3.05) is 0 Å². The molecule has 2 bridgehead atoms. The first-order chi connectivity index (χ1) is 12.9. The molecule has 1 aromatic carbocycles. The summed E-state index contributed by atoms with van der Waals surface area (Å²) in [6.07, 6.45) is -0.0634. The van der Waals surface area contributed by atoms with E-state index in [4.69, 9.17) is 9.47 Å². The lowest BCUT2D eigenvalue weighted by atomic mass is 9.92. The molecule has 7 heteroatoms. The summed E-state index contributed by atoms with van der Waals surface area (Å²) in [6, 6.07) is 6.00. The van der Waals surface area contributed by atoms with Crippen molar-refractivity contribution in [2.45, 2.75) is 83.6 Å². The summed E-state index contributed by atoms with van der Waals surface area (Å²) < 4.78 is 25.5. The highest BCUT2D eigenvalue weighted by Crippen LogP contribution is 2.48. The maximum Gasteiger partial charge on any atom is 0.429 e. The fourth-order valence-electron chi connectivity index (χ4n) is 3.98. The summed E-state index contributed by atoms with van der Waals surface area (Å²) in [7, 11) is 0. The lowest BCUT2D eigenvalue weighted by Gasteiger charge is -2.41. The third-order valence-electron chi connectivity index (χ3n) is 4.86. The summed E-state index contributed by atoms with van der Waals surface area (Å²) in [5.74, 6) is -0.495. The van der Waals surface area contributed by atoms with Crippen LogP contribution in [0, 0.1) is 5.82 Å². The van der Waals surface area contributed by atoms with E-state index in [-0.39, 0.29) is 23.8 Å². The zero-order valence-electron chi connectivity index (χ0n) is 17.4. The van der Waals surface area contributed by atoms with E-state index in [1.165, 1.54) is 16.1 Å². The predicted molar refractivity (Wildman–Crippen MR) is 102 cm³/mol. The van der Waals surface area contributed by atoms with Gasteiger partial charge in [0.2, 0.25) is 0 Å². The first kappa shape index (κ1) is 20.4. The molecule has 3 unspecified atom stereocenters. The first-order valence-electron chi connectivity index (χ1n) is 9.66. The number of rotatable bonds is 1. The average Bonchev–Trinajstić information content (AvgIpc) is 3.10. The Bertz CT molecular complexity index is 768. The number of fused-ring (bicyclic) bond motifs is 2. The van der Waals surface area contributed by atoms with E-state index in [9.17, 15) is 14.0 Å². The second-order valence-corrected chi connectivity index (χ2v) is 9.47. The third-order valence-corrected chi connectivity index (χ3v) is 4.86. The molecule has 3 rings (SSSR count). The quantitative estimate of drug-likeness (QED) is 0.686.